The molecule has 1 saturated carbocycles. The van der Waals surface area contributed by atoms with E-state index < -0.39 is 35.3 Å². The summed E-state index contributed by atoms with van der Waals surface area (Å²) in [6, 6.07) is 20.3. The Balaban J connectivity index is 1.71. The Bertz CT molecular complexity index is 1720. The predicted molar refractivity (Wildman–Crippen MR) is 163 cm³/mol. The van der Waals surface area contributed by atoms with Gasteiger partial charge in [0.15, 0.2) is 5.75 Å². The molecule has 1 atom stereocenters. The summed E-state index contributed by atoms with van der Waals surface area (Å²) in [6.07, 6.45) is 0.889. The third-order valence-electron chi connectivity index (χ3n) is 8.32. The van der Waals surface area contributed by atoms with Crippen LogP contribution in [0, 0.1) is 11.3 Å². The highest BCUT2D eigenvalue weighted by atomic mass is 19.4. The van der Waals surface area contributed by atoms with Crippen molar-refractivity contribution in [2.75, 3.05) is 19.1 Å². The molecule has 2 N–H and O–H groups in total. The molecule has 1 aliphatic carbocycles. The van der Waals surface area contributed by atoms with Crippen molar-refractivity contribution in [1.82, 2.24) is 0 Å². The maximum absolute atomic E-state index is 14.1. The largest absolute Gasteiger partial charge is 0.466 e. The Morgan fingerprint density at radius 2 is 1.54 bits per heavy atom. The Hall–Kier alpha value is -5.24. The first-order valence-electron chi connectivity index (χ1n) is 14.7. The number of esters is 2. The van der Waals surface area contributed by atoms with Gasteiger partial charge in [-0.1, -0.05) is 61.7 Å². The fraction of sp³-hybridized carbons (Fsp3) is 0.286. The Labute approximate surface area is 264 Å². The molecule has 0 saturated heterocycles. The number of carbonyl (C=O) groups excluding carboxylic acids is 2. The van der Waals surface area contributed by atoms with Crippen LogP contribution in [-0.2, 0) is 25.2 Å². The minimum atomic E-state index is -4.80. The van der Waals surface area contributed by atoms with Crippen molar-refractivity contribution < 1.29 is 37.0 Å². The van der Waals surface area contributed by atoms with Crippen molar-refractivity contribution in [2.24, 2.45) is 5.73 Å². The summed E-state index contributed by atoms with van der Waals surface area (Å²) in [6.45, 7) is 0. The minimum Gasteiger partial charge on any atom is -0.466 e. The summed E-state index contributed by atoms with van der Waals surface area (Å²) < 4.78 is 58.4. The second-order valence-electron chi connectivity index (χ2n) is 11.0. The summed E-state index contributed by atoms with van der Waals surface area (Å²) in [5.41, 5.74) is 5.64. The summed E-state index contributed by atoms with van der Waals surface area (Å²) in [5.74, 6) is -3.06. The predicted octanol–water partition coefficient (Wildman–Crippen LogP) is 7.44. The van der Waals surface area contributed by atoms with Crippen LogP contribution in [0.3, 0.4) is 0 Å². The van der Waals surface area contributed by atoms with Gasteiger partial charge in [-0.2, -0.15) is 18.4 Å². The average Bonchev–Trinajstić information content (AvgIpc) is 3.08. The normalized spacial score (nSPS) is 17.4. The molecule has 8 nitrogen and oxygen atoms in total. The first-order chi connectivity index (χ1) is 22.1. The van der Waals surface area contributed by atoms with E-state index >= 15 is 0 Å². The number of halogens is 3. The minimum absolute atomic E-state index is 0.123. The zero-order chi connectivity index (χ0) is 33.0. The number of nitrogens with zero attached hydrogens (tertiary/aromatic N) is 2. The van der Waals surface area contributed by atoms with Gasteiger partial charge >= 0.3 is 18.1 Å². The Morgan fingerprint density at radius 3 is 2.13 bits per heavy atom. The zero-order valence-electron chi connectivity index (χ0n) is 25.3. The molecule has 1 fully saturated rings. The van der Waals surface area contributed by atoms with Crippen LogP contribution in [0.2, 0.25) is 0 Å². The summed E-state index contributed by atoms with van der Waals surface area (Å²) in [5, 5.41) is 10.3. The average molecular weight is 632 g/mol. The van der Waals surface area contributed by atoms with Gasteiger partial charge in [0.2, 0.25) is 0 Å². The molecule has 1 unspecified atom stereocenters. The lowest BCUT2D eigenvalue weighted by Crippen LogP contribution is -2.41. The van der Waals surface area contributed by atoms with Gasteiger partial charge in [0.25, 0.3) is 0 Å². The van der Waals surface area contributed by atoms with Gasteiger partial charge in [0.1, 0.15) is 17.3 Å². The second kappa shape index (κ2) is 13.4. The Kier molecular flexibility index (Phi) is 9.37. The van der Waals surface area contributed by atoms with E-state index in [-0.39, 0.29) is 28.4 Å². The lowest BCUT2D eigenvalue weighted by atomic mass is 9.81. The molecule has 0 radical (unpaired) electrons. The molecule has 1 heterocycles. The number of allylic oxidation sites excluding steroid dienone is 1. The number of hydrogen-bond acceptors (Lipinski definition) is 8. The lowest BCUT2D eigenvalue weighted by molar-refractivity contribution is -0.139. The fourth-order valence-electron chi connectivity index (χ4n) is 6.09. The fourth-order valence-corrected chi connectivity index (χ4v) is 6.09. The van der Waals surface area contributed by atoms with Crippen molar-refractivity contribution in [3.05, 3.63) is 112 Å². The molecule has 3 aromatic rings. The number of carbonyl (C=O) groups is 2. The number of hydrogen-bond donors (Lipinski definition) is 1. The monoisotopic (exact) mass is 631 g/mol. The van der Waals surface area contributed by atoms with E-state index in [2.05, 4.69) is 0 Å². The van der Waals surface area contributed by atoms with Crippen molar-refractivity contribution in [3.8, 4) is 17.6 Å². The maximum atomic E-state index is 14.1. The summed E-state index contributed by atoms with van der Waals surface area (Å²) >= 11 is 0. The molecule has 238 valence electrons. The molecule has 0 aromatic heterocycles. The highest BCUT2D eigenvalue weighted by molar-refractivity contribution is 6.06. The van der Waals surface area contributed by atoms with Gasteiger partial charge in [-0.25, -0.2) is 9.59 Å². The van der Waals surface area contributed by atoms with Crippen molar-refractivity contribution in [2.45, 2.75) is 50.1 Å². The van der Waals surface area contributed by atoms with Crippen LogP contribution in [0.5, 0.6) is 11.5 Å². The molecule has 0 amide bonds. The molecular formula is C35H32F3N3O5. The summed E-state index contributed by atoms with van der Waals surface area (Å²) in [7, 11) is 2.14. The molecule has 0 bridgehead atoms. The number of alkyl halides is 3. The molecule has 0 spiro atoms. The van der Waals surface area contributed by atoms with Crippen LogP contribution < -0.4 is 15.4 Å². The number of anilines is 1. The highest BCUT2D eigenvalue weighted by Crippen LogP contribution is 2.47. The third kappa shape index (κ3) is 6.29. The van der Waals surface area contributed by atoms with Crippen LogP contribution in [0.4, 0.5) is 18.9 Å². The van der Waals surface area contributed by atoms with Crippen molar-refractivity contribution in [1.29, 1.82) is 5.26 Å². The molecule has 5 rings (SSSR count). The van der Waals surface area contributed by atoms with Gasteiger partial charge in [0, 0.05) is 0 Å². The number of benzene rings is 3. The van der Waals surface area contributed by atoms with E-state index in [0.29, 0.717) is 17.2 Å². The van der Waals surface area contributed by atoms with Crippen LogP contribution in [0.15, 0.2) is 95.5 Å². The topological polar surface area (TPSA) is 115 Å². The van der Waals surface area contributed by atoms with E-state index in [9.17, 15) is 28.0 Å². The molecule has 46 heavy (non-hydrogen) atoms. The zero-order valence-corrected chi connectivity index (χ0v) is 25.3. The SMILES string of the molecule is COC(=O)C1=C(C(=O)OC)N(c2cc(C(F)(F)F)ccc2Oc2ccc(C3CCCCC3)cc2)C(N)=C(C#N)C1c1ccccc1. The van der Waals surface area contributed by atoms with Crippen LogP contribution >= 0.6 is 0 Å². The number of nitrogens with two attached hydrogens (primary N) is 1. The van der Waals surface area contributed by atoms with Crippen molar-refractivity contribution >= 4 is 17.6 Å². The standard InChI is InChI=1S/C35H32F3N3O5/c1-44-33(42)30-29(23-11-7-4-8-12-23)26(20-39)32(40)41(31(30)34(43)45-2)27-19-24(35(36,37)38)15-18-28(27)46-25-16-13-22(14-17-25)21-9-5-3-6-10-21/h4,7-8,11-19,21,29H,3,5-6,9-10,40H2,1-2H3. The second-order valence-corrected chi connectivity index (χ2v) is 11.0. The third-order valence-corrected chi connectivity index (χ3v) is 8.32. The smallest absolute Gasteiger partial charge is 0.416 e. The van der Waals surface area contributed by atoms with Gasteiger partial charge < -0.3 is 19.9 Å². The maximum Gasteiger partial charge on any atom is 0.416 e. The van der Waals surface area contributed by atoms with E-state index in [1.165, 1.54) is 6.42 Å². The lowest BCUT2D eigenvalue weighted by Gasteiger charge is -2.36. The molecule has 2 aliphatic rings. The van der Waals surface area contributed by atoms with Gasteiger partial charge in [-0.05, 0) is 60.2 Å². The van der Waals surface area contributed by atoms with E-state index in [1.807, 2.05) is 18.2 Å². The summed E-state index contributed by atoms with van der Waals surface area (Å²) in [4.78, 5) is 27.8. The van der Waals surface area contributed by atoms with Gasteiger partial charge in [0.05, 0.1) is 48.6 Å². The van der Waals surface area contributed by atoms with Crippen molar-refractivity contribution in [3.63, 3.8) is 0 Å². The molecule has 3 aromatic carbocycles. The first-order valence-corrected chi connectivity index (χ1v) is 14.7. The van der Waals surface area contributed by atoms with Gasteiger partial charge in [-0.15, -0.1) is 0 Å². The van der Waals surface area contributed by atoms with E-state index in [0.717, 1.165) is 68.6 Å². The number of nitriles is 1. The van der Waals surface area contributed by atoms with Crippen LogP contribution in [0.25, 0.3) is 0 Å². The molecule has 11 heteroatoms. The quantitative estimate of drug-likeness (QED) is 0.268. The number of rotatable bonds is 7. The number of ether oxygens (including phenoxy) is 3. The highest BCUT2D eigenvalue weighted by Gasteiger charge is 2.44. The Morgan fingerprint density at radius 1 is 0.891 bits per heavy atom. The molecular weight excluding hydrogens is 599 g/mol. The van der Waals surface area contributed by atoms with E-state index in [1.54, 1.807) is 42.5 Å². The van der Waals surface area contributed by atoms with Crippen LogP contribution in [0.1, 0.15) is 60.6 Å². The molecule has 1 aliphatic heterocycles. The van der Waals surface area contributed by atoms with Crippen LogP contribution in [-0.4, -0.2) is 26.2 Å². The first kappa shape index (κ1) is 32.2. The van der Waals surface area contributed by atoms with E-state index in [4.69, 9.17) is 19.9 Å². The van der Waals surface area contributed by atoms with Gasteiger partial charge in [-0.3, -0.25) is 4.90 Å². The number of methoxy groups -OCH3 is 2.